The molecule has 0 aromatic rings. The van der Waals surface area contributed by atoms with Gasteiger partial charge in [-0.3, -0.25) is 9.69 Å². The summed E-state index contributed by atoms with van der Waals surface area (Å²) in [5.74, 6) is 0.246. The van der Waals surface area contributed by atoms with Gasteiger partial charge in [-0.05, 0) is 20.1 Å². The second-order valence-electron chi connectivity index (χ2n) is 5.48. The van der Waals surface area contributed by atoms with Crippen LogP contribution in [-0.2, 0) is 4.79 Å². The van der Waals surface area contributed by atoms with Gasteiger partial charge in [0.2, 0.25) is 5.91 Å². The zero-order valence-corrected chi connectivity index (χ0v) is 12.0. The number of hydrogen-bond acceptors (Lipinski definition) is 4. The van der Waals surface area contributed by atoms with Crippen molar-refractivity contribution in [1.29, 1.82) is 0 Å². The minimum atomic E-state index is -0.363. The number of carbonyl (C=O) groups is 1. The van der Waals surface area contributed by atoms with E-state index in [0.29, 0.717) is 11.3 Å². The molecule has 0 aliphatic carbocycles. The number of nitrogens with one attached hydrogen (secondary N) is 1. The first-order valence-corrected chi connectivity index (χ1v) is 7.53. The molecule has 17 heavy (non-hydrogen) atoms. The first kappa shape index (κ1) is 13.2. The van der Waals surface area contributed by atoms with Gasteiger partial charge in [0, 0.05) is 44.5 Å². The normalized spacial score (nSPS) is 34.4. The van der Waals surface area contributed by atoms with E-state index >= 15 is 0 Å². The maximum atomic E-state index is 12.3. The summed E-state index contributed by atoms with van der Waals surface area (Å²) in [6, 6.07) is 0.484. The first-order valence-electron chi connectivity index (χ1n) is 6.24. The van der Waals surface area contributed by atoms with Crippen LogP contribution in [0.3, 0.4) is 0 Å². The van der Waals surface area contributed by atoms with E-state index in [0.717, 1.165) is 26.2 Å². The smallest absolute Gasteiger partial charge is 0.242 e. The summed E-state index contributed by atoms with van der Waals surface area (Å²) in [6.07, 6.45) is 2.16. The molecular weight excluding hydrogens is 234 g/mol. The van der Waals surface area contributed by atoms with E-state index in [2.05, 4.69) is 30.3 Å². The van der Waals surface area contributed by atoms with Crippen molar-refractivity contribution in [3.63, 3.8) is 0 Å². The third kappa shape index (κ3) is 2.20. The molecule has 0 aromatic carbocycles. The second kappa shape index (κ2) is 4.78. The van der Waals surface area contributed by atoms with Gasteiger partial charge in [0.25, 0.3) is 0 Å². The van der Waals surface area contributed by atoms with Crippen LogP contribution in [0.2, 0.25) is 0 Å². The number of rotatable bonds is 2. The Morgan fingerprint density at radius 1 is 1.35 bits per heavy atom. The molecule has 0 bridgehead atoms. The fraction of sp³-hybridized carbons (Fsp3) is 0.917. The third-order valence-corrected chi connectivity index (χ3v) is 5.18. The number of thioether (sulfide) groups is 1. The van der Waals surface area contributed by atoms with E-state index in [4.69, 9.17) is 0 Å². The molecular formula is C12H23N3OS. The van der Waals surface area contributed by atoms with Crippen LogP contribution in [0.4, 0.5) is 0 Å². The molecule has 2 atom stereocenters. The van der Waals surface area contributed by atoms with Crippen molar-refractivity contribution in [2.45, 2.75) is 30.7 Å². The zero-order valence-electron chi connectivity index (χ0n) is 11.2. The molecule has 5 heteroatoms. The van der Waals surface area contributed by atoms with Gasteiger partial charge in [-0.25, -0.2) is 0 Å². The summed E-state index contributed by atoms with van der Waals surface area (Å²) in [5, 5.41) is 4.05. The Kier molecular flexibility index (Phi) is 3.71. The number of piperazine rings is 1. The molecule has 2 unspecified atom stereocenters. The molecule has 98 valence electrons. The van der Waals surface area contributed by atoms with Crippen LogP contribution in [0.1, 0.15) is 13.8 Å². The number of likely N-dealkylation sites (N-methyl/N-ethyl adjacent to an activating group) is 1. The maximum absolute atomic E-state index is 12.3. The summed E-state index contributed by atoms with van der Waals surface area (Å²) >= 11 is 1.91. The van der Waals surface area contributed by atoms with Crippen molar-refractivity contribution in [3.8, 4) is 0 Å². The number of nitrogens with zero attached hydrogens (tertiary/aromatic N) is 2. The number of carbonyl (C=O) groups excluding carboxylic acids is 1. The Morgan fingerprint density at radius 3 is 2.71 bits per heavy atom. The van der Waals surface area contributed by atoms with Gasteiger partial charge in [-0.15, -0.1) is 0 Å². The van der Waals surface area contributed by atoms with Crippen LogP contribution >= 0.6 is 11.8 Å². The van der Waals surface area contributed by atoms with Crippen LogP contribution < -0.4 is 5.32 Å². The fourth-order valence-corrected chi connectivity index (χ4v) is 3.84. The molecule has 0 saturated carbocycles. The van der Waals surface area contributed by atoms with E-state index < -0.39 is 0 Å². The van der Waals surface area contributed by atoms with E-state index in [1.165, 1.54) is 0 Å². The Balaban J connectivity index is 2.17. The highest BCUT2D eigenvalue weighted by molar-refractivity contribution is 7.99. The highest BCUT2D eigenvalue weighted by Crippen LogP contribution is 2.29. The van der Waals surface area contributed by atoms with Crippen molar-refractivity contribution >= 4 is 17.7 Å². The van der Waals surface area contributed by atoms with Crippen LogP contribution in [0, 0.1) is 0 Å². The summed E-state index contributed by atoms with van der Waals surface area (Å²) in [6.45, 7) is 8.01. The molecule has 2 aliphatic rings. The Hall–Kier alpha value is -0.260. The third-order valence-electron chi connectivity index (χ3n) is 4.10. The molecule has 2 rings (SSSR count). The topological polar surface area (TPSA) is 35.6 Å². The lowest BCUT2D eigenvalue weighted by Crippen LogP contribution is -2.66. The maximum Gasteiger partial charge on any atom is 0.242 e. The van der Waals surface area contributed by atoms with E-state index in [9.17, 15) is 4.79 Å². The van der Waals surface area contributed by atoms with E-state index in [1.807, 2.05) is 23.7 Å². The molecule has 0 spiro atoms. The summed E-state index contributed by atoms with van der Waals surface area (Å²) in [4.78, 5) is 16.5. The van der Waals surface area contributed by atoms with Crippen LogP contribution in [-0.4, -0.2) is 72.0 Å². The molecule has 2 saturated heterocycles. The van der Waals surface area contributed by atoms with Gasteiger partial charge in [0.1, 0.15) is 0 Å². The highest BCUT2D eigenvalue weighted by atomic mass is 32.2. The monoisotopic (exact) mass is 257 g/mol. The summed E-state index contributed by atoms with van der Waals surface area (Å²) in [7, 11) is 1.90. The Morgan fingerprint density at radius 2 is 2.06 bits per heavy atom. The molecule has 2 aliphatic heterocycles. The van der Waals surface area contributed by atoms with Gasteiger partial charge >= 0.3 is 0 Å². The lowest BCUT2D eigenvalue weighted by Gasteiger charge is -2.48. The molecule has 4 nitrogen and oxygen atoms in total. The standard InChI is InChI=1S/C12H23N3OS/c1-12(2)11(16)14(3)5-6-15(12)9-7-13-8-10(9)17-4/h9-10,13H,5-8H2,1-4H3. The molecule has 0 aromatic heterocycles. The highest BCUT2D eigenvalue weighted by Gasteiger charge is 2.46. The molecule has 2 fully saturated rings. The summed E-state index contributed by atoms with van der Waals surface area (Å²) in [5.41, 5.74) is -0.363. The lowest BCUT2D eigenvalue weighted by atomic mass is 9.95. The van der Waals surface area contributed by atoms with Gasteiger partial charge < -0.3 is 10.2 Å². The average Bonchev–Trinajstić information content (AvgIpc) is 2.74. The predicted molar refractivity (Wildman–Crippen MR) is 72.4 cm³/mol. The van der Waals surface area contributed by atoms with Crippen molar-refractivity contribution in [1.82, 2.24) is 15.1 Å². The van der Waals surface area contributed by atoms with Gasteiger partial charge in [-0.1, -0.05) is 0 Å². The minimum absolute atomic E-state index is 0.246. The minimum Gasteiger partial charge on any atom is -0.343 e. The Bertz CT molecular complexity index is 308. The van der Waals surface area contributed by atoms with Crippen LogP contribution in [0.5, 0.6) is 0 Å². The SMILES string of the molecule is CSC1CNCC1N1CCN(C)C(=O)C1(C)C. The molecule has 1 amide bonds. The lowest BCUT2D eigenvalue weighted by molar-refractivity contribution is -0.149. The predicted octanol–water partition coefficient (Wildman–Crippen LogP) is 0.242. The molecule has 1 N–H and O–H groups in total. The van der Waals surface area contributed by atoms with Crippen molar-refractivity contribution in [3.05, 3.63) is 0 Å². The quantitative estimate of drug-likeness (QED) is 0.769. The fourth-order valence-electron chi connectivity index (χ4n) is 3.00. The van der Waals surface area contributed by atoms with E-state index in [1.54, 1.807) is 0 Å². The first-order chi connectivity index (χ1) is 7.98. The Labute approximate surface area is 108 Å². The summed E-state index contributed by atoms with van der Waals surface area (Å²) < 4.78 is 0. The van der Waals surface area contributed by atoms with Crippen LogP contribution in [0.25, 0.3) is 0 Å². The van der Waals surface area contributed by atoms with E-state index in [-0.39, 0.29) is 11.4 Å². The molecule has 0 radical (unpaired) electrons. The number of amides is 1. The largest absolute Gasteiger partial charge is 0.343 e. The number of hydrogen-bond donors (Lipinski definition) is 1. The average molecular weight is 257 g/mol. The van der Waals surface area contributed by atoms with Gasteiger partial charge in [0.15, 0.2) is 0 Å². The van der Waals surface area contributed by atoms with Crippen molar-refractivity contribution < 1.29 is 4.79 Å². The zero-order chi connectivity index (χ0) is 12.6. The van der Waals surface area contributed by atoms with Gasteiger partial charge in [0.05, 0.1) is 5.54 Å². The van der Waals surface area contributed by atoms with Gasteiger partial charge in [-0.2, -0.15) is 11.8 Å². The molecule has 2 heterocycles. The van der Waals surface area contributed by atoms with Crippen molar-refractivity contribution in [2.75, 3.05) is 39.5 Å². The second-order valence-corrected chi connectivity index (χ2v) is 6.56. The van der Waals surface area contributed by atoms with Crippen molar-refractivity contribution in [2.24, 2.45) is 0 Å². The van der Waals surface area contributed by atoms with Crippen LogP contribution in [0.15, 0.2) is 0 Å².